The van der Waals surface area contributed by atoms with Crippen molar-refractivity contribution >= 4 is 10.9 Å². The van der Waals surface area contributed by atoms with E-state index < -0.39 is 0 Å². The number of methoxy groups -OCH3 is 1. The summed E-state index contributed by atoms with van der Waals surface area (Å²) in [5, 5.41) is 22.4. The number of hydrogen-bond acceptors (Lipinski definition) is 7. The summed E-state index contributed by atoms with van der Waals surface area (Å²) in [5.41, 5.74) is 3.65. The number of aryl methyl sites for hydroxylation is 2. The van der Waals surface area contributed by atoms with Gasteiger partial charge in [-0.2, -0.15) is 0 Å². The van der Waals surface area contributed by atoms with E-state index in [1.807, 2.05) is 26.8 Å². The highest BCUT2D eigenvalue weighted by atomic mass is 16.5. The van der Waals surface area contributed by atoms with E-state index in [-0.39, 0.29) is 18.2 Å². The molecule has 30 heavy (non-hydrogen) atoms. The number of ether oxygens (including phenoxy) is 1. The van der Waals surface area contributed by atoms with Crippen molar-refractivity contribution in [3.05, 3.63) is 51.1 Å². The molecule has 0 spiro atoms. The van der Waals surface area contributed by atoms with Gasteiger partial charge in [-0.05, 0) is 60.7 Å². The van der Waals surface area contributed by atoms with Gasteiger partial charge in [-0.15, -0.1) is 5.10 Å². The number of tetrazole rings is 1. The number of nitrogens with zero attached hydrogens (tertiary/aromatic N) is 5. The molecule has 1 atom stereocenters. The van der Waals surface area contributed by atoms with Crippen molar-refractivity contribution in [2.45, 2.75) is 46.3 Å². The molecule has 0 aliphatic heterocycles. The summed E-state index contributed by atoms with van der Waals surface area (Å²) in [6, 6.07) is 5.96. The number of aromatic amines is 1. The van der Waals surface area contributed by atoms with Gasteiger partial charge in [-0.25, -0.2) is 4.68 Å². The lowest BCUT2D eigenvalue weighted by Gasteiger charge is -2.28. The Morgan fingerprint density at radius 3 is 2.83 bits per heavy atom. The van der Waals surface area contributed by atoms with Crippen LogP contribution in [-0.4, -0.2) is 62.1 Å². The van der Waals surface area contributed by atoms with Crippen LogP contribution in [0, 0.1) is 13.8 Å². The van der Waals surface area contributed by atoms with Gasteiger partial charge >= 0.3 is 0 Å². The topological polar surface area (TPSA) is 109 Å². The molecule has 0 aliphatic carbocycles. The Morgan fingerprint density at radius 2 is 2.10 bits per heavy atom. The molecular formula is C21H30N6O3. The van der Waals surface area contributed by atoms with E-state index in [1.165, 1.54) is 0 Å². The van der Waals surface area contributed by atoms with Gasteiger partial charge in [0.15, 0.2) is 5.82 Å². The van der Waals surface area contributed by atoms with Crippen LogP contribution in [0.3, 0.4) is 0 Å². The summed E-state index contributed by atoms with van der Waals surface area (Å²) in [5.74, 6) is 0.703. The summed E-state index contributed by atoms with van der Waals surface area (Å²) in [4.78, 5) is 18.0. The third kappa shape index (κ3) is 4.92. The molecule has 9 nitrogen and oxygen atoms in total. The zero-order chi connectivity index (χ0) is 21.7. The quantitative estimate of drug-likeness (QED) is 0.520. The van der Waals surface area contributed by atoms with E-state index in [2.05, 4.69) is 37.5 Å². The maximum atomic E-state index is 12.8. The smallest absolute Gasteiger partial charge is 0.252 e. The van der Waals surface area contributed by atoms with E-state index >= 15 is 0 Å². The van der Waals surface area contributed by atoms with Crippen molar-refractivity contribution < 1.29 is 9.84 Å². The van der Waals surface area contributed by atoms with Crippen molar-refractivity contribution in [3.8, 4) is 0 Å². The minimum atomic E-state index is -0.141. The first-order valence-electron chi connectivity index (χ1n) is 10.2. The fraction of sp³-hybridized carbons (Fsp3) is 0.524. The Morgan fingerprint density at radius 1 is 1.30 bits per heavy atom. The second kappa shape index (κ2) is 9.92. The predicted molar refractivity (Wildman–Crippen MR) is 114 cm³/mol. The molecule has 2 N–H and O–H groups in total. The summed E-state index contributed by atoms with van der Waals surface area (Å²) in [6.45, 7) is 8.22. The number of aliphatic hydroxyl groups excluding tert-OH is 1. The molecule has 1 unspecified atom stereocenters. The number of rotatable bonds is 10. The Bertz CT molecular complexity index is 1040. The lowest BCUT2D eigenvalue weighted by atomic mass is 10.0. The third-order valence-corrected chi connectivity index (χ3v) is 5.34. The standard InChI is InChI=1S/C21H30N6O3/c1-14-10-15(2)19-17(11-14)12-18(21(29)22-19)13-26(6-5-8-28)16(3)20-23-24-25-27(20)7-9-30-4/h10-12,16,28H,5-9,13H2,1-4H3,(H,22,29). The number of aromatic nitrogens is 5. The van der Waals surface area contributed by atoms with Crippen LogP contribution < -0.4 is 5.56 Å². The highest BCUT2D eigenvalue weighted by molar-refractivity contribution is 5.82. The molecule has 0 amide bonds. The molecule has 2 aromatic heterocycles. The molecular weight excluding hydrogens is 384 g/mol. The molecule has 9 heteroatoms. The van der Waals surface area contributed by atoms with Crippen LogP contribution in [0.2, 0.25) is 0 Å². The van der Waals surface area contributed by atoms with E-state index in [1.54, 1.807) is 11.8 Å². The molecule has 3 aromatic rings. The number of nitrogens with one attached hydrogen (secondary N) is 1. The van der Waals surface area contributed by atoms with Gasteiger partial charge in [0.2, 0.25) is 0 Å². The van der Waals surface area contributed by atoms with Gasteiger partial charge in [0.05, 0.1) is 24.7 Å². The minimum absolute atomic E-state index is 0.0737. The molecule has 0 radical (unpaired) electrons. The lowest BCUT2D eigenvalue weighted by molar-refractivity contribution is 0.156. The average Bonchev–Trinajstić information content (AvgIpc) is 3.18. The molecule has 0 fully saturated rings. The van der Waals surface area contributed by atoms with Gasteiger partial charge in [-0.3, -0.25) is 9.69 Å². The van der Waals surface area contributed by atoms with Crippen LogP contribution in [0.1, 0.15) is 41.9 Å². The number of aliphatic hydroxyl groups is 1. The summed E-state index contributed by atoms with van der Waals surface area (Å²) in [6.07, 6.45) is 0.591. The molecule has 0 aliphatic rings. The molecule has 3 rings (SSSR count). The Hall–Kier alpha value is -2.62. The highest BCUT2D eigenvalue weighted by Crippen LogP contribution is 2.22. The van der Waals surface area contributed by atoms with Crippen LogP contribution in [-0.2, 0) is 17.8 Å². The fourth-order valence-corrected chi connectivity index (χ4v) is 3.76. The van der Waals surface area contributed by atoms with Crippen LogP contribution in [0.25, 0.3) is 10.9 Å². The largest absolute Gasteiger partial charge is 0.396 e. The minimum Gasteiger partial charge on any atom is -0.396 e. The third-order valence-electron chi connectivity index (χ3n) is 5.34. The molecule has 162 valence electrons. The number of pyridine rings is 1. The predicted octanol–water partition coefficient (Wildman–Crippen LogP) is 1.72. The molecule has 0 bridgehead atoms. The van der Waals surface area contributed by atoms with Crippen molar-refractivity contribution in [1.29, 1.82) is 0 Å². The normalized spacial score (nSPS) is 12.7. The van der Waals surface area contributed by atoms with Crippen molar-refractivity contribution in [1.82, 2.24) is 30.1 Å². The molecule has 0 saturated heterocycles. The van der Waals surface area contributed by atoms with Gasteiger partial charge in [0.1, 0.15) is 0 Å². The number of hydrogen-bond donors (Lipinski definition) is 2. The number of fused-ring (bicyclic) bond motifs is 1. The van der Waals surface area contributed by atoms with E-state index in [9.17, 15) is 9.90 Å². The summed E-state index contributed by atoms with van der Waals surface area (Å²) < 4.78 is 6.86. The van der Waals surface area contributed by atoms with Gasteiger partial charge < -0.3 is 14.8 Å². The van der Waals surface area contributed by atoms with E-state index in [0.29, 0.717) is 44.0 Å². The van der Waals surface area contributed by atoms with Gasteiger partial charge in [-0.1, -0.05) is 11.6 Å². The molecule has 2 heterocycles. The lowest BCUT2D eigenvalue weighted by Crippen LogP contribution is -2.32. The zero-order valence-electron chi connectivity index (χ0n) is 18.1. The van der Waals surface area contributed by atoms with Crippen LogP contribution in [0.15, 0.2) is 23.0 Å². The van der Waals surface area contributed by atoms with Gasteiger partial charge in [0, 0.05) is 32.4 Å². The fourth-order valence-electron chi connectivity index (χ4n) is 3.76. The highest BCUT2D eigenvalue weighted by Gasteiger charge is 2.23. The summed E-state index contributed by atoms with van der Waals surface area (Å²) >= 11 is 0. The number of H-pyrrole nitrogens is 1. The zero-order valence-corrected chi connectivity index (χ0v) is 18.1. The Labute approximate surface area is 175 Å². The van der Waals surface area contributed by atoms with E-state index in [4.69, 9.17) is 4.74 Å². The number of benzene rings is 1. The van der Waals surface area contributed by atoms with Crippen molar-refractivity contribution in [2.24, 2.45) is 0 Å². The van der Waals surface area contributed by atoms with Crippen molar-refractivity contribution in [3.63, 3.8) is 0 Å². The monoisotopic (exact) mass is 414 g/mol. The maximum absolute atomic E-state index is 12.8. The first kappa shape index (κ1) is 22.1. The first-order valence-corrected chi connectivity index (χ1v) is 10.2. The van der Waals surface area contributed by atoms with Crippen LogP contribution in [0.4, 0.5) is 0 Å². The summed E-state index contributed by atoms with van der Waals surface area (Å²) in [7, 11) is 1.64. The van der Waals surface area contributed by atoms with Crippen LogP contribution >= 0.6 is 0 Å². The van der Waals surface area contributed by atoms with Crippen LogP contribution in [0.5, 0.6) is 0 Å². The SMILES string of the molecule is COCCn1nnnc1C(C)N(CCCO)Cc1cc2cc(C)cc(C)c2[nH]c1=O. The average molecular weight is 415 g/mol. The van der Waals surface area contributed by atoms with E-state index in [0.717, 1.165) is 22.0 Å². The second-order valence-corrected chi connectivity index (χ2v) is 7.65. The Kier molecular flexibility index (Phi) is 7.30. The second-order valence-electron chi connectivity index (χ2n) is 7.65. The first-order chi connectivity index (χ1) is 14.4. The molecule has 0 saturated carbocycles. The maximum Gasteiger partial charge on any atom is 0.252 e. The van der Waals surface area contributed by atoms with Gasteiger partial charge in [0.25, 0.3) is 5.56 Å². The van der Waals surface area contributed by atoms with Crippen molar-refractivity contribution in [2.75, 3.05) is 26.9 Å². The Balaban J connectivity index is 1.92. The molecule has 1 aromatic carbocycles.